The van der Waals surface area contributed by atoms with Gasteiger partial charge in [-0.15, -0.1) is 0 Å². The minimum Gasteiger partial charge on any atom is -0.345 e. The summed E-state index contributed by atoms with van der Waals surface area (Å²) in [5.41, 5.74) is 2.64. The van der Waals surface area contributed by atoms with E-state index in [0.717, 1.165) is 22.2 Å². The number of aromatic nitrogens is 4. The fourth-order valence-corrected chi connectivity index (χ4v) is 4.20. The summed E-state index contributed by atoms with van der Waals surface area (Å²) in [5, 5.41) is 12.0. The van der Waals surface area contributed by atoms with Crippen molar-refractivity contribution in [2.45, 2.75) is 18.9 Å². The molecule has 0 saturated heterocycles. The van der Waals surface area contributed by atoms with E-state index in [4.69, 9.17) is 11.6 Å². The van der Waals surface area contributed by atoms with Gasteiger partial charge in [0.15, 0.2) is 0 Å². The fraction of sp³-hybridized carbons (Fsp3) is 0.167. The van der Waals surface area contributed by atoms with Crippen LogP contribution in [-0.4, -0.2) is 25.5 Å². The number of carbonyl (C=O) groups excluding carboxylic acids is 1. The monoisotopic (exact) mass is 463 g/mol. The first kappa shape index (κ1) is 21.1. The standard InChI is InChI=1S/C24H19ClFN5O2/c1-30-13-18(12-27-30)31-24(33)20(11-22(29-31)15-2-6-16(25)7-3-15)23(32)28-21-9-5-14-4-8-17(26)10-19(14)21/h2-4,6-8,10-13,21H,5,9H2,1H3,(H,28,32)/t21-/m0/s1. The van der Waals surface area contributed by atoms with Crippen LogP contribution in [-0.2, 0) is 13.5 Å². The Labute approximate surface area is 193 Å². The molecule has 4 aromatic rings. The lowest BCUT2D eigenvalue weighted by molar-refractivity contribution is 0.0934. The summed E-state index contributed by atoms with van der Waals surface area (Å²) < 4.78 is 16.5. The number of fused-ring (bicyclic) bond motifs is 1. The topological polar surface area (TPSA) is 81.8 Å². The van der Waals surface area contributed by atoms with Gasteiger partial charge in [0.1, 0.15) is 17.1 Å². The van der Waals surface area contributed by atoms with Gasteiger partial charge in [-0.2, -0.15) is 14.9 Å². The maximum absolute atomic E-state index is 13.8. The third-order valence-corrected chi connectivity index (χ3v) is 5.97. The lowest BCUT2D eigenvalue weighted by Gasteiger charge is -2.15. The van der Waals surface area contributed by atoms with Gasteiger partial charge in [0.2, 0.25) is 0 Å². The van der Waals surface area contributed by atoms with Crippen LogP contribution in [0.5, 0.6) is 0 Å². The first-order valence-corrected chi connectivity index (χ1v) is 10.8. The highest BCUT2D eigenvalue weighted by molar-refractivity contribution is 6.30. The number of hydrogen-bond acceptors (Lipinski definition) is 4. The van der Waals surface area contributed by atoms with Crippen molar-refractivity contribution in [3.8, 4) is 16.9 Å². The molecule has 2 aromatic carbocycles. The van der Waals surface area contributed by atoms with Crippen molar-refractivity contribution in [1.82, 2.24) is 24.9 Å². The van der Waals surface area contributed by atoms with Crippen LogP contribution in [0, 0.1) is 5.82 Å². The summed E-state index contributed by atoms with van der Waals surface area (Å²) >= 11 is 6.01. The summed E-state index contributed by atoms with van der Waals surface area (Å²) in [6.45, 7) is 0. The van der Waals surface area contributed by atoms with Gasteiger partial charge in [0.25, 0.3) is 11.5 Å². The van der Waals surface area contributed by atoms with Crippen LogP contribution in [0.15, 0.2) is 65.7 Å². The molecule has 0 spiro atoms. The van der Waals surface area contributed by atoms with Crippen molar-refractivity contribution in [3.05, 3.63) is 98.8 Å². The van der Waals surface area contributed by atoms with Crippen LogP contribution in [0.2, 0.25) is 5.02 Å². The molecule has 9 heteroatoms. The molecule has 33 heavy (non-hydrogen) atoms. The van der Waals surface area contributed by atoms with Crippen molar-refractivity contribution in [2.24, 2.45) is 7.05 Å². The normalized spacial score (nSPS) is 14.8. The molecule has 166 valence electrons. The highest BCUT2D eigenvalue weighted by atomic mass is 35.5. The fourth-order valence-electron chi connectivity index (χ4n) is 4.07. The molecule has 0 fully saturated rings. The van der Waals surface area contributed by atoms with Crippen LogP contribution < -0.4 is 10.9 Å². The Morgan fingerprint density at radius 1 is 1.18 bits per heavy atom. The van der Waals surface area contributed by atoms with Crippen LogP contribution in [0.4, 0.5) is 4.39 Å². The molecule has 1 N–H and O–H groups in total. The Kier molecular flexibility index (Phi) is 5.30. The zero-order chi connectivity index (χ0) is 23.1. The van der Waals surface area contributed by atoms with E-state index in [0.29, 0.717) is 28.4 Å². The Balaban J connectivity index is 1.57. The van der Waals surface area contributed by atoms with Crippen molar-refractivity contribution in [3.63, 3.8) is 0 Å². The number of nitrogens with zero attached hydrogens (tertiary/aromatic N) is 4. The molecule has 1 atom stereocenters. The Hall–Kier alpha value is -3.78. The van der Waals surface area contributed by atoms with Gasteiger partial charge >= 0.3 is 0 Å². The molecule has 0 bridgehead atoms. The number of halogens is 2. The summed E-state index contributed by atoms with van der Waals surface area (Å²) in [4.78, 5) is 26.5. The maximum atomic E-state index is 13.8. The van der Waals surface area contributed by atoms with E-state index in [1.807, 2.05) is 0 Å². The highest BCUT2D eigenvalue weighted by Crippen LogP contribution is 2.32. The summed E-state index contributed by atoms with van der Waals surface area (Å²) in [7, 11) is 1.72. The average Bonchev–Trinajstić information content (AvgIpc) is 3.40. The Morgan fingerprint density at radius 3 is 2.70 bits per heavy atom. The molecule has 5 rings (SSSR count). The molecular formula is C24H19ClFN5O2. The SMILES string of the molecule is Cn1cc(-n2nc(-c3ccc(Cl)cc3)cc(C(=O)N[C@H]3CCc4ccc(F)cc43)c2=O)cn1. The van der Waals surface area contributed by atoms with Gasteiger partial charge < -0.3 is 5.32 Å². The second kappa shape index (κ2) is 8.29. The quantitative estimate of drug-likeness (QED) is 0.498. The Morgan fingerprint density at radius 2 is 1.97 bits per heavy atom. The molecule has 1 aliphatic carbocycles. The first-order valence-electron chi connectivity index (χ1n) is 10.4. The van der Waals surface area contributed by atoms with Crippen LogP contribution >= 0.6 is 11.6 Å². The number of rotatable bonds is 4. The first-order chi connectivity index (χ1) is 15.9. The highest BCUT2D eigenvalue weighted by Gasteiger charge is 2.27. The van der Waals surface area contributed by atoms with E-state index in [1.54, 1.807) is 48.3 Å². The zero-order valence-corrected chi connectivity index (χ0v) is 18.4. The van der Waals surface area contributed by atoms with Crippen molar-refractivity contribution >= 4 is 17.5 Å². The number of benzene rings is 2. The van der Waals surface area contributed by atoms with Gasteiger partial charge in [-0.1, -0.05) is 29.8 Å². The summed E-state index contributed by atoms with van der Waals surface area (Å²) in [6, 6.07) is 12.6. The molecule has 0 aliphatic heterocycles. The molecule has 0 unspecified atom stereocenters. The van der Waals surface area contributed by atoms with E-state index in [1.165, 1.54) is 24.4 Å². The largest absolute Gasteiger partial charge is 0.345 e. The van der Waals surface area contributed by atoms with E-state index >= 15 is 0 Å². The smallest absolute Gasteiger partial charge is 0.284 e. The minimum absolute atomic E-state index is 0.0661. The van der Waals surface area contributed by atoms with Gasteiger partial charge in [0, 0.05) is 17.6 Å². The molecule has 1 aliphatic rings. The minimum atomic E-state index is -0.573. The second-order valence-corrected chi connectivity index (χ2v) is 8.38. The van der Waals surface area contributed by atoms with Crippen LogP contribution in [0.3, 0.4) is 0 Å². The lowest BCUT2D eigenvalue weighted by atomic mass is 10.1. The zero-order valence-electron chi connectivity index (χ0n) is 17.6. The van der Waals surface area contributed by atoms with E-state index in [2.05, 4.69) is 15.5 Å². The lowest BCUT2D eigenvalue weighted by Crippen LogP contribution is -2.35. The molecule has 1 amide bonds. The van der Waals surface area contributed by atoms with Gasteiger partial charge in [-0.3, -0.25) is 14.3 Å². The third-order valence-electron chi connectivity index (χ3n) is 5.72. The number of nitrogens with one attached hydrogen (secondary N) is 1. The second-order valence-electron chi connectivity index (χ2n) is 7.95. The van der Waals surface area contributed by atoms with Gasteiger partial charge in [-0.05, 0) is 54.3 Å². The predicted octanol–water partition coefficient (Wildman–Crippen LogP) is 3.84. The van der Waals surface area contributed by atoms with Crippen LogP contribution in [0.1, 0.15) is 33.9 Å². The summed E-state index contributed by atoms with van der Waals surface area (Å²) in [6.07, 6.45) is 4.50. The van der Waals surface area contributed by atoms with E-state index in [-0.39, 0.29) is 17.4 Å². The molecule has 2 heterocycles. The van der Waals surface area contributed by atoms with Gasteiger partial charge in [-0.25, -0.2) is 4.39 Å². The molecule has 2 aromatic heterocycles. The average molecular weight is 464 g/mol. The predicted molar refractivity (Wildman–Crippen MR) is 122 cm³/mol. The number of amides is 1. The van der Waals surface area contributed by atoms with Crippen molar-refractivity contribution in [1.29, 1.82) is 0 Å². The summed E-state index contributed by atoms with van der Waals surface area (Å²) in [5.74, 6) is -0.903. The number of carbonyl (C=O) groups is 1. The molecule has 0 radical (unpaired) electrons. The van der Waals surface area contributed by atoms with E-state index < -0.39 is 11.5 Å². The number of hydrogen-bond donors (Lipinski definition) is 1. The third kappa shape index (κ3) is 4.05. The van der Waals surface area contributed by atoms with E-state index in [9.17, 15) is 14.0 Å². The van der Waals surface area contributed by atoms with Crippen molar-refractivity contribution in [2.75, 3.05) is 0 Å². The maximum Gasteiger partial charge on any atom is 0.284 e. The Bertz CT molecular complexity index is 1430. The van der Waals surface area contributed by atoms with Crippen molar-refractivity contribution < 1.29 is 9.18 Å². The molecule has 0 saturated carbocycles. The van der Waals surface area contributed by atoms with Gasteiger partial charge in [0.05, 0.1) is 24.1 Å². The molecular weight excluding hydrogens is 445 g/mol. The molecule has 7 nitrogen and oxygen atoms in total. The number of aryl methyl sites for hydroxylation is 2. The van der Waals surface area contributed by atoms with Crippen LogP contribution in [0.25, 0.3) is 16.9 Å².